The summed E-state index contributed by atoms with van der Waals surface area (Å²) >= 11 is 0. The molecule has 2 aliphatic rings. The van der Waals surface area contributed by atoms with Crippen LogP contribution in [0, 0.1) is 6.92 Å². The molecule has 0 fully saturated rings. The van der Waals surface area contributed by atoms with E-state index < -0.39 is 8.07 Å². The van der Waals surface area contributed by atoms with Crippen molar-refractivity contribution in [2.75, 3.05) is 0 Å². The second kappa shape index (κ2) is 11.6. The second-order valence-electron chi connectivity index (χ2n) is 18.7. The van der Waals surface area contributed by atoms with Crippen LogP contribution in [0.25, 0.3) is 34.4 Å². The van der Waals surface area contributed by atoms with Gasteiger partial charge in [0, 0.05) is 11.1 Å². The Labute approximate surface area is 293 Å². The zero-order valence-corrected chi connectivity index (χ0v) is 33.2. The Morgan fingerprint density at radius 2 is 1.02 bits per heavy atom. The van der Waals surface area contributed by atoms with Crippen molar-refractivity contribution in [2.24, 2.45) is 0 Å². The molecule has 48 heavy (non-hydrogen) atoms. The molecule has 2 atom stereocenters. The maximum atomic E-state index is 2.66. The molecule has 0 saturated carbocycles. The molecule has 6 rings (SSSR count). The van der Waals surface area contributed by atoms with E-state index in [9.17, 15) is 0 Å². The van der Waals surface area contributed by atoms with E-state index in [-0.39, 0.29) is 16.2 Å². The van der Waals surface area contributed by atoms with Crippen molar-refractivity contribution >= 4 is 20.2 Å². The van der Waals surface area contributed by atoms with Gasteiger partial charge in [0.25, 0.3) is 0 Å². The fourth-order valence-corrected chi connectivity index (χ4v) is 13.8. The minimum Gasteiger partial charge on any atom is -0.0679 e. The molecule has 0 nitrogen and oxygen atoms in total. The minimum atomic E-state index is -2.00. The molecule has 4 aromatic carbocycles. The van der Waals surface area contributed by atoms with E-state index >= 15 is 0 Å². The Bertz CT molecular complexity index is 1920. The summed E-state index contributed by atoms with van der Waals surface area (Å²) < 4.78 is 0. The number of hydrogen-bond donors (Lipinski definition) is 0. The van der Waals surface area contributed by atoms with Gasteiger partial charge in [-0.3, -0.25) is 0 Å². The zero-order valence-electron chi connectivity index (χ0n) is 32.2. The summed E-state index contributed by atoms with van der Waals surface area (Å²) in [7, 11) is -2.00. The molecule has 0 radical (unpaired) electrons. The van der Waals surface area contributed by atoms with Crippen LogP contribution >= 0.6 is 0 Å². The van der Waals surface area contributed by atoms with Crippen molar-refractivity contribution < 1.29 is 0 Å². The SMILES string of the molecule is CC1=Cc2c(-c3ccc(C(C)(C)C)cc3)cccc2C1[Si](C)(C)C1C(C)=Cc2c(-c3cc(C(C)(C)C)cc(C(C)(C)C)c3)ccc(C)c21. The second-order valence-corrected chi connectivity index (χ2v) is 23.5. The molecule has 250 valence electrons. The fourth-order valence-electron chi connectivity index (χ4n) is 8.79. The standard InChI is InChI=1S/C47H58Si/c1-29-18-23-38(33-26-35(46(7,8)9)28-36(27-33)47(10,11)12)41-25-31(3)44(42(29)41)48(13,14)43-30(2)24-40-37(16-15-17-39(40)43)32-19-21-34(22-20-32)45(4,5)6/h15-28,43-44H,1-14H3. The highest BCUT2D eigenvalue weighted by atomic mass is 28.3. The lowest BCUT2D eigenvalue weighted by Crippen LogP contribution is -2.42. The molecule has 2 unspecified atom stereocenters. The van der Waals surface area contributed by atoms with Crippen LogP contribution in [0.5, 0.6) is 0 Å². The van der Waals surface area contributed by atoms with Crippen molar-refractivity contribution in [1.82, 2.24) is 0 Å². The van der Waals surface area contributed by atoms with E-state index in [1.807, 2.05) is 0 Å². The van der Waals surface area contributed by atoms with Crippen LogP contribution in [0.4, 0.5) is 0 Å². The number of fused-ring (bicyclic) bond motifs is 2. The highest BCUT2D eigenvalue weighted by Gasteiger charge is 2.47. The van der Waals surface area contributed by atoms with E-state index in [1.165, 1.54) is 72.3 Å². The first-order valence-electron chi connectivity index (χ1n) is 18.1. The van der Waals surface area contributed by atoms with Crippen molar-refractivity contribution in [3.63, 3.8) is 0 Å². The van der Waals surface area contributed by atoms with Crippen molar-refractivity contribution in [2.45, 2.75) is 124 Å². The zero-order chi connectivity index (χ0) is 35.1. The summed E-state index contributed by atoms with van der Waals surface area (Å²) in [5.41, 5.74) is 21.4. The predicted octanol–water partition coefficient (Wildman–Crippen LogP) is 13.7. The summed E-state index contributed by atoms with van der Waals surface area (Å²) in [6, 6.07) is 28.6. The molecule has 0 amide bonds. The van der Waals surface area contributed by atoms with Crippen LogP contribution in [0.2, 0.25) is 13.1 Å². The summed E-state index contributed by atoms with van der Waals surface area (Å²) in [5, 5.41) is 0. The normalized spacial score (nSPS) is 18.0. The van der Waals surface area contributed by atoms with Crippen LogP contribution in [-0.2, 0) is 16.2 Å². The van der Waals surface area contributed by atoms with Gasteiger partial charge in [0.1, 0.15) is 0 Å². The lowest BCUT2D eigenvalue weighted by Gasteiger charge is -2.39. The lowest BCUT2D eigenvalue weighted by atomic mass is 9.78. The molecule has 0 saturated heterocycles. The average molecular weight is 651 g/mol. The highest BCUT2D eigenvalue weighted by molar-refractivity contribution is 6.81. The van der Waals surface area contributed by atoms with Crippen molar-refractivity contribution in [1.29, 1.82) is 0 Å². The van der Waals surface area contributed by atoms with E-state index in [0.717, 1.165) is 0 Å². The van der Waals surface area contributed by atoms with Gasteiger partial charge in [0.05, 0.1) is 8.07 Å². The molecule has 0 aliphatic heterocycles. The first-order chi connectivity index (χ1) is 22.2. The van der Waals surface area contributed by atoms with Gasteiger partial charge < -0.3 is 0 Å². The third-order valence-electron chi connectivity index (χ3n) is 11.4. The lowest BCUT2D eigenvalue weighted by molar-refractivity contribution is 0.569. The Kier molecular flexibility index (Phi) is 8.31. The quantitative estimate of drug-likeness (QED) is 0.193. The number of rotatable bonds is 4. The first kappa shape index (κ1) is 34.4. The van der Waals surface area contributed by atoms with Crippen LogP contribution < -0.4 is 0 Å². The van der Waals surface area contributed by atoms with Crippen LogP contribution in [0.1, 0.15) is 132 Å². The van der Waals surface area contributed by atoms with Crippen molar-refractivity contribution in [3.05, 3.63) is 128 Å². The molecule has 0 bridgehead atoms. The predicted molar refractivity (Wildman–Crippen MR) is 215 cm³/mol. The van der Waals surface area contributed by atoms with Gasteiger partial charge in [-0.25, -0.2) is 0 Å². The summed E-state index contributed by atoms with van der Waals surface area (Å²) in [5.74, 6) is 0. The van der Waals surface area contributed by atoms with E-state index in [2.05, 4.69) is 181 Å². The van der Waals surface area contributed by atoms with E-state index in [0.29, 0.717) is 11.1 Å². The number of hydrogen-bond acceptors (Lipinski definition) is 0. The largest absolute Gasteiger partial charge is 0.0722 e. The molecule has 0 spiro atoms. The first-order valence-corrected chi connectivity index (χ1v) is 21.2. The smallest absolute Gasteiger partial charge is 0.0679 e. The van der Waals surface area contributed by atoms with Gasteiger partial charge in [-0.1, -0.05) is 172 Å². The van der Waals surface area contributed by atoms with Gasteiger partial charge in [-0.05, 0) is 104 Å². The van der Waals surface area contributed by atoms with Gasteiger partial charge in [0.15, 0.2) is 0 Å². The summed E-state index contributed by atoms with van der Waals surface area (Å²) in [4.78, 5) is 0. The van der Waals surface area contributed by atoms with Crippen LogP contribution in [0.3, 0.4) is 0 Å². The van der Waals surface area contributed by atoms with Gasteiger partial charge in [0.2, 0.25) is 0 Å². The highest BCUT2D eigenvalue weighted by Crippen LogP contribution is 2.55. The Balaban J connectivity index is 1.45. The Hall–Kier alpha value is -3.42. The molecule has 0 N–H and O–H groups in total. The molecule has 4 aromatic rings. The fraction of sp³-hybridized carbons (Fsp3) is 0.404. The maximum Gasteiger partial charge on any atom is 0.0722 e. The molecule has 0 aromatic heterocycles. The number of aryl methyl sites for hydroxylation is 1. The Morgan fingerprint density at radius 1 is 0.500 bits per heavy atom. The molecular weight excluding hydrogens is 593 g/mol. The van der Waals surface area contributed by atoms with Gasteiger partial charge in [-0.15, -0.1) is 0 Å². The van der Waals surface area contributed by atoms with Crippen LogP contribution in [0.15, 0.2) is 83.9 Å². The average Bonchev–Trinajstić information content (AvgIpc) is 3.53. The molecular formula is C47H58Si. The number of benzene rings is 4. The third kappa shape index (κ3) is 5.91. The Morgan fingerprint density at radius 3 is 1.58 bits per heavy atom. The monoisotopic (exact) mass is 650 g/mol. The van der Waals surface area contributed by atoms with Gasteiger partial charge in [-0.2, -0.15) is 0 Å². The minimum absolute atomic E-state index is 0.0836. The van der Waals surface area contributed by atoms with E-state index in [4.69, 9.17) is 0 Å². The molecule has 2 aliphatic carbocycles. The van der Waals surface area contributed by atoms with E-state index in [1.54, 1.807) is 5.56 Å². The topological polar surface area (TPSA) is 0 Å². The summed E-state index contributed by atoms with van der Waals surface area (Å²) in [6.07, 6.45) is 5.08. The number of allylic oxidation sites excluding steroid dienone is 2. The molecule has 0 heterocycles. The van der Waals surface area contributed by atoms with Gasteiger partial charge >= 0.3 is 0 Å². The van der Waals surface area contributed by atoms with Crippen LogP contribution in [-0.4, -0.2) is 8.07 Å². The third-order valence-corrected chi connectivity index (χ3v) is 15.9. The van der Waals surface area contributed by atoms with Crippen molar-refractivity contribution in [3.8, 4) is 22.3 Å². The summed E-state index contributed by atoms with van der Waals surface area (Å²) in [6.45, 7) is 33.4. The molecule has 1 heteroatoms. The maximum absolute atomic E-state index is 2.66.